The standard InChI is InChI=1S/C16H25NO4/c1-11(9-14(17)16(18)21-4)5-6-12-7-8-13(19-2)10-15(12)20-3/h7-8,10-11,14H,5-6,9,17H2,1-4H3. The van der Waals surface area contributed by atoms with E-state index in [0.717, 1.165) is 29.9 Å². The Labute approximate surface area is 126 Å². The number of aryl methyl sites for hydroxylation is 1. The molecule has 5 heteroatoms. The van der Waals surface area contributed by atoms with Gasteiger partial charge < -0.3 is 19.9 Å². The molecule has 5 nitrogen and oxygen atoms in total. The molecule has 0 aromatic heterocycles. The zero-order chi connectivity index (χ0) is 15.8. The van der Waals surface area contributed by atoms with E-state index < -0.39 is 6.04 Å². The van der Waals surface area contributed by atoms with Gasteiger partial charge in [0.25, 0.3) is 0 Å². The number of hydrogen-bond donors (Lipinski definition) is 1. The molecule has 1 aromatic rings. The second-order valence-electron chi connectivity index (χ2n) is 5.19. The fraction of sp³-hybridized carbons (Fsp3) is 0.562. The van der Waals surface area contributed by atoms with Gasteiger partial charge in [-0.15, -0.1) is 0 Å². The molecule has 0 bridgehead atoms. The van der Waals surface area contributed by atoms with E-state index >= 15 is 0 Å². The van der Waals surface area contributed by atoms with Crippen molar-refractivity contribution in [3.8, 4) is 11.5 Å². The van der Waals surface area contributed by atoms with Crippen LogP contribution in [0.1, 0.15) is 25.3 Å². The van der Waals surface area contributed by atoms with Crippen molar-refractivity contribution in [3.63, 3.8) is 0 Å². The molecule has 21 heavy (non-hydrogen) atoms. The Balaban J connectivity index is 2.56. The Kier molecular flexibility index (Phi) is 7.02. The summed E-state index contributed by atoms with van der Waals surface area (Å²) in [5, 5.41) is 0. The molecule has 0 aliphatic carbocycles. The van der Waals surface area contributed by atoms with Crippen molar-refractivity contribution >= 4 is 5.97 Å². The predicted molar refractivity (Wildman–Crippen MR) is 81.6 cm³/mol. The Morgan fingerprint density at radius 1 is 1.24 bits per heavy atom. The first kappa shape index (κ1) is 17.3. The third kappa shape index (κ3) is 5.27. The van der Waals surface area contributed by atoms with Crippen molar-refractivity contribution in [2.45, 2.75) is 32.2 Å². The summed E-state index contributed by atoms with van der Waals surface area (Å²) in [5.41, 5.74) is 6.90. The van der Waals surface area contributed by atoms with E-state index in [1.165, 1.54) is 7.11 Å². The molecule has 1 rings (SSSR count). The number of rotatable bonds is 8. The van der Waals surface area contributed by atoms with E-state index in [2.05, 4.69) is 11.7 Å². The molecule has 0 heterocycles. The highest BCUT2D eigenvalue weighted by molar-refractivity contribution is 5.75. The molecule has 118 valence electrons. The summed E-state index contributed by atoms with van der Waals surface area (Å²) in [6.45, 7) is 2.08. The molecular formula is C16H25NO4. The average molecular weight is 295 g/mol. The van der Waals surface area contributed by atoms with Gasteiger partial charge in [-0.25, -0.2) is 0 Å². The molecule has 0 spiro atoms. The number of carbonyl (C=O) groups is 1. The second-order valence-corrected chi connectivity index (χ2v) is 5.19. The van der Waals surface area contributed by atoms with Crippen LogP contribution in [0.2, 0.25) is 0 Å². The number of esters is 1. The molecular weight excluding hydrogens is 270 g/mol. The molecule has 2 unspecified atom stereocenters. The normalized spacial score (nSPS) is 13.4. The fourth-order valence-corrected chi connectivity index (χ4v) is 2.26. The van der Waals surface area contributed by atoms with Crippen molar-refractivity contribution in [2.24, 2.45) is 11.7 Å². The van der Waals surface area contributed by atoms with Crippen LogP contribution in [-0.4, -0.2) is 33.3 Å². The smallest absolute Gasteiger partial charge is 0.322 e. The number of hydrogen-bond acceptors (Lipinski definition) is 5. The van der Waals surface area contributed by atoms with Crippen LogP contribution in [0.4, 0.5) is 0 Å². The van der Waals surface area contributed by atoms with Gasteiger partial charge in [-0.1, -0.05) is 13.0 Å². The molecule has 0 aliphatic rings. The predicted octanol–water partition coefficient (Wildman–Crippen LogP) is 2.16. The lowest BCUT2D eigenvalue weighted by Crippen LogP contribution is -2.33. The summed E-state index contributed by atoms with van der Waals surface area (Å²) in [5.74, 6) is 1.56. The van der Waals surface area contributed by atoms with Crippen LogP contribution in [0, 0.1) is 5.92 Å². The van der Waals surface area contributed by atoms with Gasteiger partial charge in [0.15, 0.2) is 0 Å². The highest BCUT2D eigenvalue weighted by Gasteiger charge is 2.17. The molecule has 1 aromatic carbocycles. The first-order valence-electron chi connectivity index (χ1n) is 7.06. The van der Waals surface area contributed by atoms with E-state index in [4.69, 9.17) is 15.2 Å². The maximum atomic E-state index is 11.3. The number of benzene rings is 1. The molecule has 0 saturated heterocycles. The van der Waals surface area contributed by atoms with Crippen molar-refractivity contribution in [3.05, 3.63) is 23.8 Å². The van der Waals surface area contributed by atoms with Gasteiger partial charge in [-0.05, 0) is 36.8 Å². The minimum absolute atomic E-state index is 0.325. The Bertz CT molecular complexity index is 462. The Morgan fingerprint density at radius 2 is 1.95 bits per heavy atom. The van der Waals surface area contributed by atoms with Crippen LogP contribution in [0.3, 0.4) is 0 Å². The first-order chi connectivity index (χ1) is 10.0. The Hall–Kier alpha value is -1.75. The van der Waals surface area contributed by atoms with Crippen LogP contribution >= 0.6 is 0 Å². The maximum absolute atomic E-state index is 11.3. The van der Waals surface area contributed by atoms with Crippen molar-refractivity contribution < 1.29 is 19.0 Å². The van der Waals surface area contributed by atoms with Gasteiger partial charge in [-0.3, -0.25) is 4.79 Å². The lowest BCUT2D eigenvalue weighted by Gasteiger charge is -2.16. The number of ether oxygens (including phenoxy) is 3. The van der Waals surface area contributed by atoms with E-state index in [9.17, 15) is 4.79 Å². The van der Waals surface area contributed by atoms with Crippen LogP contribution < -0.4 is 15.2 Å². The number of nitrogens with two attached hydrogens (primary N) is 1. The maximum Gasteiger partial charge on any atom is 0.322 e. The van der Waals surface area contributed by atoms with Crippen molar-refractivity contribution in [2.75, 3.05) is 21.3 Å². The summed E-state index contributed by atoms with van der Waals surface area (Å²) in [6.07, 6.45) is 2.40. The highest BCUT2D eigenvalue weighted by atomic mass is 16.5. The lowest BCUT2D eigenvalue weighted by molar-refractivity contribution is -0.142. The van der Waals surface area contributed by atoms with Crippen molar-refractivity contribution in [1.82, 2.24) is 0 Å². The van der Waals surface area contributed by atoms with Gasteiger partial charge in [0.1, 0.15) is 17.5 Å². The van der Waals surface area contributed by atoms with Gasteiger partial charge in [-0.2, -0.15) is 0 Å². The van der Waals surface area contributed by atoms with Crippen LogP contribution in [0.25, 0.3) is 0 Å². The van der Waals surface area contributed by atoms with E-state index in [1.54, 1.807) is 14.2 Å². The zero-order valence-corrected chi connectivity index (χ0v) is 13.2. The second kappa shape index (κ2) is 8.52. The molecule has 0 radical (unpaired) electrons. The highest BCUT2D eigenvalue weighted by Crippen LogP contribution is 2.27. The quantitative estimate of drug-likeness (QED) is 0.744. The summed E-state index contributed by atoms with van der Waals surface area (Å²) >= 11 is 0. The summed E-state index contributed by atoms with van der Waals surface area (Å²) in [4.78, 5) is 11.3. The number of carbonyl (C=O) groups excluding carboxylic acids is 1. The van der Waals surface area contributed by atoms with Crippen LogP contribution in [-0.2, 0) is 16.0 Å². The van der Waals surface area contributed by atoms with Crippen LogP contribution in [0.15, 0.2) is 18.2 Å². The van der Waals surface area contributed by atoms with Gasteiger partial charge in [0.05, 0.1) is 21.3 Å². The average Bonchev–Trinajstić information content (AvgIpc) is 2.51. The lowest BCUT2D eigenvalue weighted by atomic mass is 9.94. The number of methoxy groups -OCH3 is 3. The van der Waals surface area contributed by atoms with Crippen molar-refractivity contribution in [1.29, 1.82) is 0 Å². The van der Waals surface area contributed by atoms with Gasteiger partial charge >= 0.3 is 5.97 Å². The van der Waals surface area contributed by atoms with E-state index in [1.807, 2.05) is 18.2 Å². The Morgan fingerprint density at radius 3 is 2.52 bits per heavy atom. The summed E-state index contributed by atoms with van der Waals surface area (Å²) < 4.78 is 15.2. The van der Waals surface area contributed by atoms with E-state index in [-0.39, 0.29) is 5.97 Å². The topological polar surface area (TPSA) is 70.8 Å². The van der Waals surface area contributed by atoms with Crippen LogP contribution in [0.5, 0.6) is 11.5 Å². The first-order valence-corrected chi connectivity index (χ1v) is 7.06. The largest absolute Gasteiger partial charge is 0.497 e. The molecule has 0 saturated carbocycles. The van der Waals surface area contributed by atoms with E-state index in [0.29, 0.717) is 12.3 Å². The molecule has 0 aliphatic heterocycles. The molecule has 0 amide bonds. The molecule has 2 N–H and O–H groups in total. The van der Waals surface area contributed by atoms with Gasteiger partial charge in [0.2, 0.25) is 0 Å². The minimum Gasteiger partial charge on any atom is -0.497 e. The summed E-state index contributed by atoms with van der Waals surface area (Å²) in [7, 11) is 4.63. The minimum atomic E-state index is -0.553. The third-order valence-electron chi connectivity index (χ3n) is 3.56. The van der Waals surface area contributed by atoms with Gasteiger partial charge in [0, 0.05) is 6.07 Å². The fourth-order valence-electron chi connectivity index (χ4n) is 2.26. The monoisotopic (exact) mass is 295 g/mol. The molecule has 2 atom stereocenters. The zero-order valence-electron chi connectivity index (χ0n) is 13.2. The third-order valence-corrected chi connectivity index (χ3v) is 3.56. The molecule has 0 fully saturated rings. The SMILES string of the molecule is COC(=O)C(N)CC(C)CCc1ccc(OC)cc1OC. The summed E-state index contributed by atoms with van der Waals surface area (Å²) in [6, 6.07) is 5.25.